The summed E-state index contributed by atoms with van der Waals surface area (Å²) < 4.78 is 0. The molecule has 0 saturated carbocycles. The van der Waals surface area contributed by atoms with Crippen LogP contribution in [0.4, 0.5) is 5.13 Å². The number of carbonyl (C=O) groups excluding carboxylic acids is 1. The SMILES string of the molecule is CCN(CC)C(=O)CCNc1nc(C)c(C)s1. The topological polar surface area (TPSA) is 45.2 Å². The molecular weight excluding hydrogens is 234 g/mol. The number of carbonyl (C=O) groups is 1. The van der Waals surface area contributed by atoms with E-state index < -0.39 is 0 Å². The molecule has 1 aromatic rings. The molecule has 0 saturated heterocycles. The minimum absolute atomic E-state index is 0.201. The second kappa shape index (κ2) is 6.59. The summed E-state index contributed by atoms with van der Waals surface area (Å²) in [6.07, 6.45) is 0.527. The summed E-state index contributed by atoms with van der Waals surface area (Å²) >= 11 is 1.64. The van der Waals surface area contributed by atoms with E-state index >= 15 is 0 Å². The van der Waals surface area contributed by atoms with Crippen LogP contribution in [0, 0.1) is 13.8 Å². The van der Waals surface area contributed by atoms with Gasteiger partial charge in [-0.2, -0.15) is 0 Å². The van der Waals surface area contributed by atoms with Gasteiger partial charge < -0.3 is 10.2 Å². The van der Waals surface area contributed by atoms with Crippen molar-refractivity contribution >= 4 is 22.4 Å². The molecule has 5 heteroatoms. The summed E-state index contributed by atoms with van der Waals surface area (Å²) in [7, 11) is 0. The normalized spacial score (nSPS) is 10.4. The van der Waals surface area contributed by atoms with Gasteiger partial charge in [0.15, 0.2) is 5.13 Å². The third kappa shape index (κ3) is 4.00. The summed E-state index contributed by atoms with van der Waals surface area (Å²) in [6.45, 7) is 10.3. The molecule has 0 aliphatic carbocycles. The first-order valence-corrected chi connectivity index (χ1v) is 6.85. The second-order valence-electron chi connectivity index (χ2n) is 3.90. The predicted molar refractivity (Wildman–Crippen MR) is 72.6 cm³/mol. The fourth-order valence-electron chi connectivity index (χ4n) is 1.56. The molecule has 17 heavy (non-hydrogen) atoms. The van der Waals surface area contributed by atoms with Gasteiger partial charge in [-0.25, -0.2) is 4.98 Å². The molecule has 1 heterocycles. The molecule has 1 aromatic heterocycles. The van der Waals surface area contributed by atoms with Gasteiger partial charge in [0.2, 0.25) is 5.91 Å². The van der Waals surface area contributed by atoms with Crippen molar-refractivity contribution < 1.29 is 4.79 Å². The monoisotopic (exact) mass is 255 g/mol. The third-order valence-corrected chi connectivity index (χ3v) is 3.79. The minimum atomic E-state index is 0.201. The molecule has 96 valence electrons. The van der Waals surface area contributed by atoms with E-state index in [-0.39, 0.29) is 5.91 Å². The average Bonchev–Trinajstić information content (AvgIpc) is 2.60. The Hall–Kier alpha value is -1.10. The molecule has 0 fully saturated rings. The molecule has 0 unspecified atom stereocenters. The lowest BCUT2D eigenvalue weighted by Gasteiger charge is -2.18. The average molecular weight is 255 g/mol. The zero-order valence-corrected chi connectivity index (χ0v) is 11.9. The van der Waals surface area contributed by atoms with Crippen LogP contribution in [0.3, 0.4) is 0 Å². The maximum absolute atomic E-state index is 11.7. The number of aromatic nitrogens is 1. The number of amides is 1. The Labute approximate surface area is 107 Å². The number of aryl methyl sites for hydroxylation is 2. The summed E-state index contributed by atoms with van der Waals surface area (Å²) in [5.74, 6) is 0.201. The minimum Gasteiger partial charge on any atom is -0.361 e. The van der Waals surface area contributed by atoms with Crippen molar-refractivity contribution in [2.45, 2.75) is 34.1 Å². The lowest BCUT2D eigenvalue weighted by atomic mass is 10.3. The largest absolute Gasteiger partial charge is 0.361 e. The first-order chi connectivity index (χ1) is 8.08. The van der Waals surface area contributed by atoms with E-state index in [2.05, 4.69) is 17.2 Å². The summed E-state index contributed by atoms with van der Waals surface area (Å²) in [4.78, 5) is 19.2. The second-order valence-corrected chi connectivity index (χ2v) is 5.11. The highest BCUT2D eigenvalue weighted by molar-refractivity contribution is 7.15. The van der Waals surface area contributed by atoms with Crippen LogP contribution >= 0.6 is 11.3 Å². The molecule has 1 rings (SSSR count). The van der Waals surface area contributed by atoms with Crippen LogP contribution in [-0.4, -0.2) is 35.4 Å². The van der Waals surface area contributed by atoms with E-state index in [4.69, 9.17) is 0 Å². The predicted octanol–water partition coefficient (Wildman–Crippen LogP) is 2.43. The quantitative estimate of drug-likeness (QED) is 0.849. The van der Waals surface area contributed by atoms with E-state index in [9.17, 15) is 4.79 Å². The van der Waals surface area contributed by atoms with Crippen LogP contribution < -0.4 is 5.32 Å². The molecule has 0 aliphatic heterocycles. The first kappa shape index (κ1) is 14.0. The molecule has 0 radical (unpaired) electrons. The zero-order chi connectivity index (χ0) is 12.8. The Morgan fingerprint density at radius 3 is 2.47 bits per heavy atom. The lowest BCUT2D eigenvalue weighted by molar-refractivity contribution is -0.130. The highest BCUT2D eigenvalue weighted by Gasteiger charge is 2.09. The third-order valence-electron chi connectivity index (χ3n) is 2.76. The highest BCUT2D eigenvalue weighted by atomic mass is 32.1. The Morgan fingerprint density at radius 2 is 2.00 bits per heavy atom. The lowest BCUT2D eigenvalue weighted by Crippen LogP contribution is -2.31. The first-order valence-electron chi connectivity index (χ1n) is 6.04. The Balaban J connectivity index is 2.35. The van der Waals surface area contributed by atoms with Crippen molar-refractivity contribution in [1.29, 1.82) is 0 Å². The smallest absolute Gasteiger partial charge is 0.224 e. The van der Waals surface area contributed by atoms with Crippen molar-refractivity contribution in [2.24, 2.45) is 0 Å². The Bertz CT molecular complexity index is 352. The number of hydrogen-bond acceptors (Lipinski definition) is 4. The molecule has 1 N–H and O–H groups in total. The van der Waals surface area contributed by atoms with E-state index in [1.54, 1.807) is 11.3 Å². The molecular formula is C12H21N3OS. The summed E-state index contributed by atoms with van der Waals surface area (Å²) in [5.41, 5.74) is 1.06. The van der Waals surface area contributed by atoms with Gasteiger partial charge >= 0.3 is 0 Å². The molecule has 4 nitrogen and oxygen atoms in total. The van der Waals surface area contributed by atoms with E-state index in [0.717, 1.165) is 23.9 Å². The summed E-state index contributed by atoms with van der Waals surface area (Å²) in [5, 5.41) is 4.11. The number of thiazole rings is 1. The maximum Gasteiger partial charge on any atom is 0.224 e. The number of hydrogen-bond donors (Lipinski definition) is 1. The number of rotatable bonds is 6. The van der Waals surface area contributed by atoms with Crippen LogP contribution in [0.5, 0.6) is 0 Å². The van der Waals surface area contributed by atoms with Gasteiger partial charge in [0.1, 0.15) is 0 Å². The van der Waals surface area contributed by atoms with Crippen molar-refractivity contribution in [2.75, 3.05) is 25.0 Å². The maximum atomic E-state index is 11.7. The molecule has 0 atom stereocenters. The number of nitrogens with one attached hydrogen (secondary N) is 1. The van der Waals surface area contributed by atoms with Crippen LogP contribution in [0.2, 0.25) is 0 Å². The van der Waals surface area contributed by atoms with Crippen LogP contribution in [0.15, 0.2) is 0 Å². The van der Waals surface area contributed by atoms with Gasteiger partial charge in [-0.05, 0) is 27.7 Å². The van der Waals surface area contributed by atoms with Crippen molar-refractivity contribution in [3.05, 3.63) is 10.6 Å². The highest BCUT2D eigenvalue weighted by Crippen LogP contribution is 2.20. The van der Waals surface area contributed by atoms with Crippen molar-refractivity contribution in [1.82, 2.24) is 9.88 Å². The zero-order valence-electron chi connectivity index (χ0n) is 11.0. The van der Waals surface area contributed by atoms with E-state index in [1.807, 2.05) is 25.7 Å². The Kier molecular flexibility index (Phi) is 5.41. The van der Waals surface area contributed by atoms with Crippen LogP contribution in [0.25, 0.3) is 0 Å². The molecule has 0 bridgehead atoms. The summed E-state index contributed by atoms with van der Waals surface area (Å²) in [6, 6.07) is 0. The Morgan fingerprint density at radius 1 is 1.35 bits per heavy atom. The van der Waals surface area contributed by atoms with Crippen molar-refractivity contribution in [3.8, 4) is 0 Å². The molecule has 0 spiro atoms. The standard InChI is InChI=1S/C12H21N3OS/c1-5-15(6-2)11(16)7-8-13-12-14-9(3)10(4)17-12/h5-8H2,1-4H3,(H,13,14). The number of nitrogens with zero attached hydrogens (tertiary/aromatic N) is 2. The van der Waals surface area contributed by atoms with Crippen molar-refractivity contribution in [3.63, 3.8) is 0 Å². The fourth-order valence-corrected chi connectivity index (χ4v) is 2.40. The van der Waals surface area contributed by atoms with Gasteiger partial charge in [-0.15, -0.1) is 11.3 Å². The van der Waals surface area contributed by atoms with Crippen LogP contribution in [0.1, 0.15) is 30.8 Å². The van der Waals surface area contributed by atoms with E-state index in [0.29, 0.717) is 13.0 Å². The van der Waals surface area contributed by atoms with Gasteiger partial charge in [0.05, 0.1) is 5.69 Å². The van der Waals surface area contributed by atoms with Gasteiger partial charge in [0.25, 0.3) is 0 Å². The molecule has 1 amide bonds. The van der Waals surface area contributed by atoms with Crippen LogP contribution in [-0.2, 0) is 4.79 Å². The molecule has 0 aromatic carbocycles. The molecule has 0 aliphatic rings. The van der Waals surface area contributed by atoms with Gasteiger partial charge in [0, 0.05) is 30.9 Å². The fraction of sp³-hybridized carbons (Fsp3) is 0.667. The number of anilines is 1. The van der Waals surface area contributed by atoms with Gasteiger partial charge in [-0.3, -0.25) is 4.79 Å². The van der Waals surface area contributed by atoms with E-state index in [1.165, 1.54) is 4.88 Å². The van der Waals surface area contributed by atoms with Gasteiger partial charge in [-0.1, -0.05) is 0 Å².